The lowest BCUT2D eigenvalue weighted by atomic mass is 10.1. The summed E-state index contributed by atoms with van der Waals surface area (Å²) in [5, 5.41) is 7.69. The smallest absolute Gasteiger partial charge is 0.273 e. The largest absolute Gasteiger partial charge is 0.490 e. The summed E-state index contributed by atoms with van der Waals surface area (Å²) in [7, 11) is 3.01. The molecule has 3 aromatic rings. The number of nitrogens with zero attached hydrogens (tertiary/aromatic N) is 3. The van der Waals surface area contributed by atoms with Crippen LogP contribution in [0.25, 0.3) is 0 Å². The predicted octanol–water partition coefficient (Wildman–Crippen LogP) is 4.99. The molecular weight excluding hydrogens is 468 g/mol. The van der Waals surface area contributed by atoms with Crippen molar-refractivity contribution in [3.63, 3.8) is 0 Å². The van der Waals surface area contributed by atoms with Gasteiger partial charge in [0.25, 0.3) is 5.91 Å². The second-order valence-electron chi connectivity index (χ2n) is 7.63. The number of ether oxygens (including phenoxy) is 1. The third-order valence-corrected chi connectivity index (χ3v) is 6.43. The van der Waals surface area contributed by atoms with Crippen LogP contribution in [-0.4, -0.2) is 40.5 Å². The highest BCUT2D eigenvalue weighted by atomic mass is 33.1. The van der Waals surface area contributed by atoms with Crippen LogP contribution in [0.15, 0.2) is 83.4 Å². The van der Waals surface area contributed by atoms with Crippen molar-refractivity contribution in [2.24, 2.45) is 11.1 Å². The molecule has 0 bridgehead atoms. The van der Waals surface area contributed by atoms with Crippen molar-refractivity contribution in [2.75, 3.05) is 18.9 Å². The molecule has 0 saturated heterocycles. The lowest BCUT2D eigenvalue weighted by molar-refractivity contribution is -0.114. The van der Waals surface area contributed by atoms with Crippen LogP contribution in [0.4, 0.5) is 0 Å². The second-order valence-corrected chi connectivity index (χ2v) is 10.0. The number of rotatable bonds is 13. The van der Waals surface area contributed by atoms with Gasteiger partial charge in [0.05, 0.1) is 19.0 Å². The minimum Gasteiger partial charge on any atom is -0.490 e. The topological polar surface area (TPSA) is 85.7 Å². The van der Waals surface area contributed by atoms with E-state index in [1.165, 1.54) is 10.8 Å². The zero-order valence-electron chi connectivity index (χ0n) is 19.2. The molecule has 1 amide bonds. The van der Waals surface area contributed by atoms with E-state index in [1.807, 2.05) is 60.7 Å². The van der Waals surface area contributed by atoms with Gasteiger partial charge in [0.1, 0.15) is 6.61 Å². The third kappa shape index (κ3) is 9.07. The van der Waals surface area contributed by atoms with Crippen molar-refractivity contribution in [2.45, 2.75) is 25.6 Å². The summed E-state index contributed by atoms with van der Waals surface area (Å²) in [4.78, 5) is 26.9. The van der Waals surface area contributed by atoms with Crippen LogP contribution in [0.2, 0.25) is 0 Å². The van der Waals surface area contributed by atoms with Crippen LogP contribution in [-0.2, 0) is 16.2 Å². The Hall–Kier alpha value is -3.04. The van der Waals surface area contributed by atoms with Gasteiger partial charge in [-0.05, 0) is 22.3 Å². The van der Waals surface area contributed by atoms with Crippen LogP contribution >= 0.6 is 21.6 Å². The van der Waals surface area contributed by atoms with E-state index in [9.17, 15) is 4.79 Å². The minimum absolute atomic E-state index is 0.245. The van der Waals surface area contributed by atoms with E-state index < -0.39 is 0 Å². The standard InChI is InChI=1S/C25H28N4O3S2/c1-19(2)17-31-22-15-27-25(28-16-22)34-33-14-13-26-24(30)23(21-11-7-4-8-12-21)29-32-18-20-9-5-3-6-10-20/h3-12,15-16,19H,13-14,17-18H2,1-2H3,(H,26,30). The van der Waals surface area contributed by atoms with Gasteiger partial charge in [0.2, 0.25) is 0 Å². The average molecular weight is 497 g/mol. The first-order valence-electron chi connectivity index (χ1n) is 10.9. The van der Waals surface area contributed by atoms with Gasteiger partial charge in [-0.2, -0.15) is 0 Å². The quantitative estimate of drug-likeness (QED) is 0.117. The Labute approximate surface area is 208 Å². The lowest BCUT2D eigenvalue weighted by Crippen LogP contribution is -2.33. The molecule has 7 nitrogen and oxygen atoms in total. The summed E-state index contributed by atoms with van der Waals surface area (Å²) < 4.78 is 5.59. The molecule has 0 unspecified atom stereocenters. The summed E-state index contributed by atoms with van der Waals surface area (Å²) in [6.07, 6.45) is 3.36. The number of amides is 1. The van der Waals surface area contributed by atoms with E-state index in [2.05, 4.69) is 34.3 Å². The Morgan fingerprint density at radius 2 is 1.71 bits per heavy atom. The maximum atomic E-state index is 12.8. The van der Waals surface area contributed by atoms with E-state index in [0.29, 0.717) is 41.3 Å². The molecule has 0 aliphatic carbocycles. The Balaban J connectivity index is 1.45. The maximum Gasteiger partial charge on any atom is 0.273 e. The molecule has 0 radical (unpaired) electrons. The molecular formula is C25H28N4O3S2. The number of carbonyl (C=O) groups excluding carboxylic acids is 1. The van der Waals surface area contributed by atoms with E-state index in [1.54, 1.807) is 23.2 Å². The van der Waals surface area contributed by atoms with Crippen LogP contribution in [0, 0.1) is 5.92 Å². The van der Waals surface area contributed by atoms with Crippen molar-refractivity contribution in [1.82, 2.24) is 15.3 Å². The van der Waals surface area contributed by atoms with Crippen LogP contribution in [0.1, 0.15) is 25.0 Å². The third-order valence-electron chi connectivity index (χ3n) is 4.28. The monoisotopic (exact) mass is 496 g/mol. The van der Waals surface area contributed by atoms with Gasteiger partial charge in [-0.15, -0.1) is 0 Å². The lowest BCUT2D eigenvalue weighted by Gasteiger charge is -2.09. The molecule has 0 atom stereocenters. The fraction of sp³-hybridized carbons (Fsp3) is 0.280. The van der Waals surface area contributed by atoms with Crippen LogP contribution in [0.3, 0.4) is 0 Å². The number of hydrogen-bond donors (Lipinski definition) is 1. The molecule has 1 N–H and O–H groups in total. The van der Waals surface area contributed by atoms with E-state index in [4.69, 9.17) is 9.57 Å². The van der Waals surface area contributed by atoms with E-state index in [0.717, 1.165) is 5.56 Å². The van der Waals surface area contributed by atoms with Gasteiger partial charge in [-0.25, -0.2) is 9.97 Å². The SMILES string of the molecule is CC(C)COc1cnc(SSCCNC(=O)C(=NOCc2ccccc2)c2ccccc2)nc1. The Morgan fingerprint density at radius 1 is 1.03 bits per heavy atom. The molecule has 0 saturated carbocycles. The average Bonchev–Trinajstić information content (AvgIpc) is 2.87. The second kappa shape index (κ2) is 14.3. The normalized spacial score (nSPS) is 11.3. The van der Waals surface area contributed by atoms with Crippen molar-refractivity contribution in [3.05, 3.63) is 84.2 Å². The van der Waals surface area contributed by atoms with Gasteiger partial charge in [-0.1, -0.05) is 90.5 Å². The molecule has 0 aliphatic heterocycles. The molecule has 0 aliphatic rings. The van der Waals surface area contributed by atoms with Crippen LogP contribution < -0.4 is 10.1 Å². The zero-order valence-corrected chi connectivity index (χ0v) is 20.8. The Kier molecular flexibility index (Phi) is 10.7. The molecule has 3 rings (SSSR count). The van der Waals surface area contributed by atoms with E-state index in [-0.39, 0.29) is 18.2 Å². The molecule has 2 aromatic carbocycles. The highest BCUT2D eigenvalue weighted by Gasteiger charge is 2.14. The van der Waals surface area contributed by atoms with Crippen molar-refractivity contribution >= 4 is 33.2 Å². The van der Waals surface area contributed by atoms with Crippen molar-refractivity contribution in [1.29, 1.82) is 0 Å². The molecule has 0 fully saturated rings. The summed E-state index contributed by atoms with van der Waals surface area (Å²) in [5.74, 6) is 1.51. The highest BCUT2D eigenvalue weighted by molar-refractivity contribution is 8.76. The number of hydrogen-bond acceptors (Lipinski definition) is 8. The van der Waals surface area contributed by atoms with Crippen molar-refractivity contribution in [3.8, 4) is 5.75 Å². The zero-order chi connectivity index (χ0) is 24.0. The number of carbonyl (C=O) groups is 1. The highest BCUT2D eigenvalue weighted by Crippen LogP contribution is 2.27. The van der Waals surface area contributed by atoms with E-state index >= 15 is 0 Å². The molecule has 0 spiro atoms. The van der Waals surface area contributed by atoms with Crippen molar-refractivity contribution < 1.29 is 14.4 Å². The van der Waals surface area contributed by atoms with Gasteiger partial charge < -0.3 is 14.9 Å². The number of nitrogens with one attached hydrogen (secondary N) is 1. The summed E-state index contributed by atoms with van der Waals surface area (Å²) in [6, 6.07) is 19.0. The first-order valence-corrected chi connectivity index (χ1v) is 13.3. The van der Waals surface area contributed by atoms with Gasteiger partial charge >= 0.3 is 0 Å². The first kappa shape index (κ1) is 25.6. The molecule has 9 heteroatoms. The number of aromatic nitrogens is 2. The Bertz CT molecular complexity index is 1030. The first-order chi connectivity index (χ1) is 16.6. The molecule has 1 aromatic heterocycles. The molecule has 1 heterocycles. The van der Waals surface area contributed by atoms with Gasteiger partial charge in [-0.3, -0.25) is 4.79 Å². The minimum atomic E-state index is -0.284. The maximum absolute atomic E-state index is 12.8. The number of oxime groups is 1. The summed E-state index contributed by atoms with van der Waals surface area (Å²) in [5.41, 5.74) is 1.92. The molecule has 34 heavy (non-hydrogen) atoms. The summed E-state index contributed by atoms with van der Waals surface area (Å²) in [6.45, 7) is 5.57. The number of benzene rings is 2. The predicted molar refractivity (Wildman–Crippen MR) is 138 cm³/mol. The summed E-state index contributed by atoms with van der Waals surface area (Å²) >= 11 is 0. The van der Waals surface area contributed by atoms with Gasteiger partial charge in [0, 0.05) is 17.9 Å². The van der Waals surface area contributed by atoms with Gasteiger partial charge in [0.15, 0.2) is 16.6 Å². The Morgan fingerprint density at radius 3 is 2.38 bits per heavy atom. The van der Waals surface area contributed by atoms with Crippen LogP contribution in [0.5, 0.6) is 5.75 Å². The fourth-order valence-electron chi connectivity index (χ4n) is 2.64. The molecule has 178 valence electrons. The fourth-order valence-corrected chi connectivity index (χ4v) is 4.28.